The van der Waals surface area contributed by atoms with Gasteiger partial charge in [-0.15, -0.1) is 0 Å². The van der Waals surface area contributed by atoms with Gasteiger partial charge >= 0.3 is 23.9 Å². The largest absolute Gasteiger partial charge is 0.479 e. The molecule has 0 radical (unpaired) electrons. The third kappa shape index (κ3) is 42.5. The zero-order valence-corrected chi connectivity index (χ0v) is 48.4. The number of aliphatic carboxylic acids is 1. The summed E-state index contributed by atoms with van der Waals surface area (Å²) in [6, 6.07) is 0. The summed E-state index contributed by atoms with van der Waals surface area (Å²) in [6.45, 7) is 5.81. The average molecular weight is 1080 g/mol. The van der Waals surface area contributed by atoms with Gasteiger partial charge in [0.05, 0.1) is 13.0 Å². The minimum absolute atomic E-state index is 0.135. The Morgan fingerprint density at radius 2 is 0.857 bits per heavy atom. The molecule has 1 heterocycles. The lowest BCUT2D eigenvalue weighted by Gasteiger charge is -2.40. The van der Waals surface area contributed by atoms with Gasteiger partial charge < -0.3 is 39.0 Å². The van der Waals surface area contributed by atoms with E-state index in [0.717, 1.165) is 89.9 Å². The molecule has 1 aliphatic heterocycles. The fraction of sp³-hybridized carbons (Fsp3) is 0.723. The maximum absolute atomic E-state index is 13.2. The van der Waals surface area contributed by atoms with Crippen LogP contribution in [0, 0.1) is 0 Å². The number of carbonyl (C=O) groups excluding carboxylic acids is 3. The normalized spacial score (nSPS) is 18.6. The second-order valence-corrected chi connectivity index (χ2v) is 20.6. The van der Waals surface area contributed by atoms with Crippen LogP contribution < -0.4 is 0 Å². The first-order valence-electron chi connectivity index (χ1n) is 30.6. The smallest absolute Gasteiger partial charge is 0.335 e. The molecule has 0 bridgehead atoms. The summed E-state index contributed by atoms with van der Waals surface area (Å²) in [7, 11) is 0. The Bertz CT molecular complexity index is 1660. The lowest BCUT2D eigenvalue weighted by atomic mass is 9.98. The Balaban J connectivity index is 2.73. The van der Waals surface area contributed by atoms with Crippen LogP contribution in [0.4, 0.5) is 0 Å². The summed E-state index contributed by atoms with van der Waals surface area (Å²) in [5.41, 5.74) is 0. The number of carboxylic acids is 1. The van der Waals surface area contributed by atoms with Crippen molar-refractivity contribution in [2.24, 2.45) is 0 Å². The van der Waals surface area contributed by atoms with Gasteiger partial charge in [-0.2, -0.15) is 0 Å². The van der Waals surface area contributed by atoms with Crippen LogP contribution in [0.25, 0.3) is 0 Å². The first-order valence-corrected chi connectivity index (χ1v) is 30.6. The summed E-state index contributed by atoms with van der Waals surface area (Å²) in [6.07, 6.45) is 55.8. The van der Waals surface area contributed by atoms with E-state index in [4.69, 9.17) is 23.7 Å². The molecule has 1 saturated heterocycles. The minimum atomic E-state index is -1.94. The van der Waals surface area contributed by atoms with Crippen molar-refractivity contribution in [2.45, 2.75) is 289 Å². The predicted molar refractivity (Wildman–Crippen MR) is 312 cm³/mol. The maximum atomic E-state index is 13.2. The number of aliphatic hydroxyl groups is 2. The molecule has 0 aliphatic carbocycles. The number of hydrogen-bond acceptors (Lipinski definition) is 11. The molecule has 3 N–H and O–H groups in total. The first kappa shape index (κ1) is 70.9. The van der Waals surface area contributed by atoms with Crippen LogP contribution in [0.15, 0.2) is 85.1 Å². The van der Waals surface area contributed by atoms with Crippen LogP contribution in [0.3, 0.4) is 0 Å². The van der Waals surface area contributed by atoms with Crippen LogP contribution in [-0.4, -0.2) is 89.2 Å². The molecule has 6 unspecified atom stereocenters. The van der Waals surface area contributed by atoms with E-state index in [1.165, 1.54) is 103 Å². The number of ether oxygens (including phenoxy) is 5. The highest BCUT2D eigenvalue weighted by molar-refractivity contribution is 5.74. The molecule has 0 aromatic carbocycles. The molecule has 0 aromatic rings. The van der Waals surface area contributed by atoms with Gasteiger partial charge in [0.2, 0.25) is 0 Å². The SMILES string of the molecule is CC/C=C\C/C=C\C/C=C\C/C=C\C/C=C\CC(=O)OC1C(OCC(COC(=O)CCCCCCCCCCCCCCCCCCC)OC(=O)CCCCCCC/C=C\C/C=C\CCCCC)OC(C(=O)O)C(O)C1O. The summed E-state index contributed by atoms with van der Waals surface area (Å²) >= 11 is 0. The number of aliphatic hydroxyl groups excluding tert-OH is 2. The highest BCUT2D eigenvalue weighted by atomic mass is 16.7. The highest BCUT2D eigenvalue weighted by Crippen LogP contribution is 2.26. The second-order valence-electron chi connectivity index (χ2n) is 20.6. The molecule has 12 heteroatoms. The molecule has 1 aliphatic rings. The lowest BCUT2D eigenvalue weighted by Crippen LogP contribution is -2.61. The van der Waals surface area contributed by atoms with Gasteiger partial charge in [0.1, 0.15) is 18.8 Å². The zero-order valence-electron chi connectivity index (χ0n) is 48.4. The quantitative estimate of drug-likeness (QED) is 0.0228. The van der Waals surface area contributed by atoms with Crippen molar-refractivity contribution in [3.63, 3.8) is 0 Å². The molecule has 440 valence electrons. The van der Waals surface area contributed by atoms with Crippen molar-refractivity contribution in [1.82, 2.24) is 0 Å². The molecule has 77 heavy (non-hydrogen) atoms. The van der Waals surface area contributed by atoms with E-state index >= 15 is 0 Å². The molecule has 0 saturated carbocycles. The fourth-order valence-corrected chi connectivity index (χ4v) is 8.83. The van der Waals surface area contributed by atoms with Gasteiger partial charge in [-0.1, -0.05) is 241 Å². The van der Waals surface area contributed by atoms with Gasteiger partial charge in [-0.05, 0) is 77.0 Å². The van der Waals surface area contributed by atoms with E-state index in [2.05, 4.69) is 81.5 Å². The Kier molecular flexibility index (Phi) is 48.4. The summed E-state index contributed by atoms with van der Waals surface area (Å²) in [5, 5.41) is 31.5. The van der Waals surface area contributed by atoms with E-state index in [0.29, 0.717) is 19.3 Å². The van der Waals surface area contributed by atoms with Gasteiger partial charge in [0, 0.05) is 12.8 Å². The average Bonchev–Trinajstić information content (AvgIpc) is 3.43. The highest BCUT2D eigenvalue weighted by Gasteiger charge is 2.50. The van der Waals surface area contributed by atoms with E-state index < -0.39 is 67.3 Å². The van der Waals surface area contributed by atoms with Crippen molar-refractivity contribution in [2.75, 3.05) is 13.2 Å². The molecule has 12 nitrogen and oxygen atoms in total. The van der Waals surface area contributed by atoms with Gasteiger partial charge in [0.25, 0.3) is 0 Å². The topological polar surface area (TPSA) is 175 Å². The van der Waals surface area contributed by atoms with Crippen LogP contribution in [0.2, 0.25) is 0 Å². The van der Waals surface area contributed by atoms with Gasteiger partial charge in [-0.25, -0.2) is 4.79 Å². The Morgan fingerprint density at radius 1 is 0.455 bits per heavy atom. The zero-order chi connectivity index (χ0) is 56.1. The number of esters is 3. The third-order valence-corrected chi connectivity index (χ3v) is 13.5. The minimum Gasteiger partial charge on any atom is -0.479 e. The molecule has 0 spiro atoms. The molecular formula is C65H108O12. The van der Waals surface area contributed by atoms with E-state index in [1.807, 2.05) is 12.2 Å². The fourth-order valence-electron chi connectivity index (χ4n) is 8.83. The van der Waals surface area contributed by atoms with Crippen LogP contribution in [0.5, 0.6) is 0 Å². The number of rotatable bonds is 51. The van der Waals surface area contributed by atoms with E-state index in [1.54, 1.807) is 12.2 Å². The molecular weight excluding hydrogens is 973 g/mol. The van der Waals surface area contributed by atoms with Gasteiger partial charge in [-0.3, -0.25) is 14.4 Å². The maximum Gasteiger partial charge on any atom is 0.335 e. The number of unbranched alkanes of at least 4 members (excludes halogenated alkanes) is 24. The standard InChI is InChI=1S/C65H108O12/c1-4-7-10-13-16-19-22-25-28-29-32-33-36-39-42-45-48-51-57(66)73-54-56(75-58(67)52-49-46-43-40-37-34-30-26-23-20-17-14-11-8-5-2)55-74-65-63(61(70)60(69)62(77-65)64(71)72)76-59(68)53-50-47-44-41-38-35-31-27-24-21-18-15-12-9-6-3/h9,12,17-18,20-21,26-27,30-31,38,41,47,50,56,60-63,65,69-70H,4-8,10-11,13-16,19,22-25,28-29,32-37,39-40,42-46,48-49,51-55H2,1-3H3,(H,71,72)/b12-9-,20-17-,21-18-,30-26-,31-27-,41-38-,50-47-. The molecule has 0 amide bonds. The van der Waals surface area contributed by atoms with Crippen molar-refractivity contribution in [3.8, 4) is 0 Å². The lowest BCUT2D eigenvalue weighted by molar-refractivity contribution is -0.301. The van der Waals surface area contributed by atoms with Crippen molar-refractivity contribution in [3.05, 3.63) is 85.1 Å². The molecule has 1 rings (SSSR count). The number of carbonyl (C=O) groups is 4. The van der Waals surface area contributed by atoms with Crippen molar-refractivity contribution < 1.29 is 58.2 Å². The Labute approximate surface area is 467 Å². The predicted octanol–water partition coefficient (Wildman–Crippen LogP) is 15.9. The van der Waals surface area contributed by atoms with E-state index in [-0.39, 0.29) is 25.9 Å². The second kappa shape index (κ2) is 52.6. The number of hydrogen-bond donors (Lipinski definition) is 3. The van der Waals surface area contributed by atoms with Crippen molar-refractivity contribution in [1.29, 1.82) is 0 Å². The van der Waals surface area contributed by atoms with Crippen LogP contribution in [0.1, 0.15) is 252 Å². The molecule has 6 atom stereocenters. The molecule has 0 aromatic heterocycles. The molecule has 1 fully saturated rings. The summed E-state index contributed by atoms with van der Waals surface area (Å²) in [5.74, 6) is -3.29. The Hall–Kier alpha value is -4.10. The number of allylic oxidation sites excluding steroid dienone is 13. The van der Waals surface area contributed by atoms with Crippen LogP contribution in [-0.2, 0) is 42.9 Å². The Morgan fingerprint density at radius 3 is 1.34 bits per heavy atom. The monoisotopic (exact) mass is 1080 g/mol. The summed E-state index contributed by atoms with van der Waals surface area (Å²) < 4.78 is 28.3. The number of carboxylic acid groups (broad SMARTS) is 1. The first-order chi connectivity index (χ1) is 37.6. The van der Waals surface area contributed by atoms with Gasteiger partial charge in [0.15, 0.2) is 24.6 Å². The van der Waals surface area contributed by atoms with E-state index in [9.17, 15) is 34.5 Å². The van der Waals surface area contributed by atoms with Crippen LogP contribution >= 0.6 is 0 Å². The summed E-state index contributed by atoms with van der Waals surface area (Å²) in [4.78, 5) is 51.1. The van der Waals surface area contributed by atoms with Crippen molar-refractivity contribution >= 4 is 23.9 Å². The third-order valence-electron chi connectivity index (χ3n) is 13.5.